The molecule has 64 valence electrons. The van der Waals surface area contributed by atoms with Gasteiger partial charge < -0.3 is 0 Å². The first kappa shape index (κ1) is 11.1. The van der Waals surface area contributed by atoms with Gasteiger partial charge in [-0.15, -0.1) is 0 Å². The van der Waals surface area contributed by atoms with Crippen LogP contribution in [0.1, 0.15) is 13.3 Å². The summed E-state index contributed by atoms with van der Waals surface area (Å²) in [5.74, 6) is 1.14. The molecule has 0 aliphatic carbocycles. The highest BCUT2D eigenvalue weighted by Gasteiger charge is 1.97. The molecule has 0 spiro atoms. The Morgan fingerprint density at radius 2 is 2.45 bits per heavy atom. The molecule has 0 aromatic heterocycles. The Labute approximate surface area is 76.8 Å². The van der Waals surface area contributed by atoms with Crippen molar-refractivity contribution in [3.8, 4) is 0 Å². The first-order chi connectivity index (χ1) is 5.35. The van der Waals surface area contributed by atoms with Gasteiger partial charge in [-0.05, 0) is 24.9 Å². The lowest BCUT2D eigenvalue weighted by atomic mass is 10.6. The number of quaternary nitrogens is 1. The number of nitrogens with two attached hydrogens (primary N) is 2. The number of hydrogen-bond donors (Lipinski definition) is 2. The molecule has 0 atom stereocenters. The van der Waals surface area contributed by atoms with Crippen molar-refractivity contribution in [2.45, 2.75) is 13.3 Å². The van der Waals surface area contributed by atoms with Crippen LogP contribution in [0, 0.1) is 0 Å². The molecule has 0 aliphatic rings. The molecule has 0 rings (SSSR count). The summed E-state index contributed by atoms with van der Waals surface area (Å²) in [6, 6.07) is 0. The van der Waals surface area contributed by atoms with Gasteiger partial charge in [0.25, 0.3) is 0 Å². The topological polar surface area (TPSA) is 42.6 Å². The van der Waals surface area contributed by atoms with E-state index in [9.17, 15) is 0 Å². The second kappa shape index (κ2) is 8.20. The normalized spacial score (nSPS) is 11.6. The molecule has 0 saturated carbocycles. The van der Waals surface area contributed by atoms with E-state index in [4.69, 9.17) is 5.14 Å². The van der Waals surface area contributed by atoms with Crippen LogP contribution in [0.15, 0.2) is 23.2 Å². The van der Waals surface area contributed by atoms with E-state index in [2.05, 4.69) is 13.5 Å². The number of thioether (sulfide) groups is 1. The maximum Gasteiger partial charge on any atom is 0.176 e. The summed E-state index contributed by atoms with van der Waals surface area (Å²) in [5.41, 5.74) is 0. The maximum atomic E-state index is 5.30. The Kier molecular flexibility index (Phi) is 8.27. The summed E-state index contributed by atoms with van der Waals surface area (Å²) >= 11 is 3.04. The molecule has 0 aliphatic heterocycles. The van der Waals surface area contributed by atoms with Crippen LogP contribution in [0.2, 0.25) is 0 Å². The predicted molar refractivity (Wildman–Crippen MR) is 54.7 cm³/mol. The highest BCUT2D eigenvalue weighted by Crippen LogP contribution is 2.11. The molecule has 0 aromatic rings. The lowest BCUT2D eigenvalue weighted by molar-refractivity contribution is -0.520. The Morgan fingerprint density at radius 3 is 2.91 bits per heavy atom. The Balaban J connectivity index is 3.68. The molecule has 0 fully saturated rings. The molecule has 0 radical (unpaired) electrons. The van der Waals surface area contributed by atoms with Crippen LogP contribution < -0.4 is 10.5 Å². The van der Waals surface area contributed by atoms with Gasteiger partial charge in [0.15, 0.2) is 5.03 Å². The lowest BCUT2D eigenvalue weighted by Gasteiger charge is -1.98. The van der Waals surface area contributed by atoms with E-state index in [1.165, 1.54) is 23.4 Å². The molecule has 0 unspecified atom stereocenters. The molecule has 0 amide bonds. The predicted octanol–water partition coefficient (Wildman–Crippen LogP) is 1.24. The molecular formula is C7H15N2S2+. The number of rotatable bonds is 6. The van der Waals surface area contributed by atoms with Gasteiger partial charge in [0.2, 0.25) is 0 Å². The van der Waals surface area contributed by atoms with Gasteiger partial charge >= 0.3 is 0 Å². The van der Waals surface area contributed by atoms with Gasteiger partial charge in [0, 0.05) is 5.75 Å². The SMILES string of the molecule is C=C[NH2+]C(=CSN)SCCC. The van der Waals surface area contributed by atoms with Gasteiger partial charge in [0.1, 0.15) is 0 Å². The zero-order chi connectivity index (χ0) is 8.53. The third kappa shape index (κ3) is 6.50. The van der Waals surface area contributed by atoms with E-state index in [0.717, 1.165) is 5.75 Å². The summed E-state index contributed by atoms with van der Waals surface area (Å²) in [7, 11) is 0. The Morgan fingerprint density at radius 1 is 1.73 bits per heavy atom. The molecule has 2 nitrogen and oxygen atoms in total. The minimum Gasteiger partial charge on any atom is -0.282 e. The van der Waals surface area contributed by atoms with Gasteiger partial charge in [-0.1, -0.05) is 18.7 Å². The monoisotopic (exact) mass is 191 g/mol. The highest BCUT2D eigenvalue weighted by atomic mass is 32.2. The molecule has 11 heavy (non-hydrogen) atoms. The minimum absolute atomic E-state index is 1.14. The summed E-state index contributed by atoms with van der Waals surface area (Å²) in [6.07, 6.45) is 2.97. The van der Waals surface area contributed by atoms with Crippen LogP contribution in [-0.2, 0) is 0 Å². The van der Waals surface area contributed by atoms with Crippen LogP contribution in [0.4, 0.5) is 0 Å². The smallest absolute Gasteiger partial charge is 0.176 e. The van der Waals surface area contributed by atoms with Crippen molar-refractivity contribution in [1.29, 1.82) is 0 Å². The van der Waals surface area contributed by atoms with Gasteiger partial charge in [0.05, 0.1) is 11.6 Å². The second-order valence-corrected chi connectivity index (χ2v) is 3.58. The van der Waals surface area contributed by atoms with Crippen molar-refractivity contribution >= 4 is 23.7 Å². The first-order valence-corrected chi connectivity index (χ1v) is 5.42. The zero-order valence-corrected chi connectivity index (χ0v) is 8.38. The quantitative estimate of drug-likeness (QED) is 0.621. The van der Waals surface area contributed by atoms with Gasteiger partial charge in [-0.25, -0.2) is 0 Å². The zero-order valence-electron chi connectivity index (χ0n) is 6.75. The fraction of sp³-hybridized carbons (Fsp3) is 0.429. The molecule has 0 saturated heterocycles. The Hall–Kier alpha value is 0.1000. The van der Waals surface area contributed by atoms with Crippen LogP contribution in [-0.4, -0.2) is 5.75 Å². The van der Waals surface area contributed by atoms with E-state index in [1.54, 1.807) is 18.0 Å². The van der Waals surface area contributed by atoms with Crippen LogP contribution in [0.3, 0.4) is 0 Å². The summed E-state index contributed by atoms with van der Waals surface area (Å²) in [5, 5.41) is 10.4. The van der Waals surface area contributed by atoms with Crippen molar-refractivity contribution in [3.05, 3.63) is 23.2 Å². The maximum absolute atomic E-state index is 5.30. The summed E-state index contributed by atoms with van der Waals surface area (Å²) in [6.45, 7) is 5.79. The van der Waals surface area contributed by atoms with E-state index >= 15 is 0 Å². The van der Waals surface area contributed by atoms with E-state index in [1.807, 2.05) is 10.7 Å². The summed E-state index contributed by atoms with van der Waals surface area (Å²) < 4.78 is 0. The fourth-order valence-corrected chi connectivity index (χ4v) is 1.81. The molecular weight excluding hydrogens is 176 g/mol. The largest absolute Gasteiger partial charge is 0.282 e. The van der Waals surface area contributed by atoms with Crippen molar-refractivity contribution < 1.29 is 5.32 Å². The van der Waals surface area contributed by atoms with Crippen LogP contribution in [0.25, 0.3) is 0 Å². The molecule has 0 heterocycles. The molecule has 0 bridgehead atoms. The minimum atomic E-state index is 1.14. The molecule has 0 aromatic carbocycles. The van der Waals surface area contributed by atoms with Crippen molar-refractivity contribution in [2.75, 3.05) is 5.75 Å². The average Bonchev–Trinajstić information content (AvgIpc) is 2.01. The summed E-state index contributed by atoms with van der Waals surface area (Å²) in [4.78, 5) is 0. The molecule has 4 heteroatoms. The third-order valence-electron chi connectivity index (χ3n) is 0.939. The van der Waals surface area contributed by atoms with Crippen LogP contribution >= 0.6 is 23.7 Å². The van der Waals surface area contributed by atoms with Gasteiger partial charge in [-0.3, -0.25) is 10.5 Å². The highest BCUT2D eigenvalue weighted by molar-refractivity contribution is 8.05. The van der Waals surface area contributed by atoms with Crippen molar-refractivity contribution in [1.82, 2.24) is 0 Å². The average molecular weight is 191 g/mol. The fourth-order valence-electron chi connectivity index (χ4n) is 0.525. The van der Waals surface area contributed by atoms with Crippen LogP contribution in [0.5, 0.6) is 0 Å². The van der Waals surface area contributed by atoms with Crippen molar-refractivity contribution in [2.24, 2.45) is 5.14 Å². The molecule has 4 N–H and O–H groups in total. The Bertz CT molecular complexity index is 134. The van der Waals surface area contributed by atoms with Gasteiger partial charge in [-0.2, -0.15) is 0 Å². The standard InChI is InChI=1S/C7H14N2S2/c1-3-5-10-7(6-11-8)9-4-2/h4,6,9H,2-3,5,8H2,1H3/p+1. The van der Waals surface area contributed by atoms with E-state index in [0.29, 0.717) is 0 Å². The van der Waals surface area contributed by atoms with Crippen molar-refractivity contribution in [3.63, 3.8) is 0 Å². The third-order valence-corrected chi connectivity index (χ3v) is 2.68. The van der Waals surface area contributed by atoms with E-state index < -0.39 is 0 Å². The number of hydrogen-bond acceptors (Lipinski definition) is 3. The lowest BCUT2D eigenvalue weighted by Crippen LogP contribution is -2.74. The second-order valence-electron chi connectivity index (χ2n) is 1.91. The van der Waals surface area contributed by atoms with E-state index in [-0.39, 0.29) is 0 Å². The first-order valence-electron chi connectivity index (χ1n) is 3.49.